The summed E-state index contributed by atoms with van der Waals surface area (Å²) in [4.78, 5) is 41.1. The molecule has 0 saturated carbocycles. The molecule has 162 valence electrons. The Morgan fingerprint density at radius 3 is 2.26 bits per heavy atom. The summed E-state index contributed by atoms with van der Waals surface area (Å²) in [5, 5.41) is 3.46. The van der Waals surface area contributed by atoms with Gasteiger partial charge >= 0.3 is 5.97 Å². The lowest BCUT2D eigenvalue weighted by Crippen LogP contribution is -2.56. The number of ether oxygens (including phenoxy) is 1. The fraction of sp³-hybridized carbons (Fsp3) is 0.261. The van der Waals surface area contributed by atoms with Crippen molar-refractivity contribution in [3.8, 4) is 0 Å². The van der Waals surface area contributed by atoms with Gasteiger partial charge in [-0.2, -0.15) is 0 Å². The van der Waals surface area contributed by atoms with Gasteiger partial charge in [0.05, 0.1) is 7.11 Å². The van der Waals surface area contributed by atoms with E-state index in [4.69, 9.17) is 27.9 Å². The first-order valence-corrected chi connectivity index (χ1v) is 10.2. The van der Waals surface area contributed by atoms with E-state index in [1.165, 1.54) is 12.0 Å². The number of likely N-dealkylation sites (tertiary alicyclic amines) is 1. The summed E-state index contributed by atoms with van der Waals surface area (Å²) in [6, 6.07) is 13.2. The van der Waals surface area contributed by atoms with Crippen molar-refractivity contribution >= 4 is 46.7 Å². The van der Waals surface area contributed by atoms with Gasteiger partial charge in [-0.05, 0) is 43.2 Å². The number of nitrogens with zero attached hydrogens (tertiary/aromatic N) is 1. The zero-order valence-electron chi connectivity index (χ0n) is 17.4. The monoisotopic (exact) mass is 460 g/mol. The van der Waals surface area contributed by atoms with Crippen LogP contribution in [0.2, 0.25) is 10.0 Å². The zero-order valence-corrected chi connectivity index (χ0v) is 18.9. The van der Waals surface area contributed by atoms with Gasteiger partial charge in [0.2, 0.25) is 11.8 Å². The van der Waals surface area contributed by atoms with Gasteiger partial charge in [0.25, 0.3) is 0 Å². The van der Waals surface area contributed by atoms with Gasteiger partial charge < -0.3 is 15.0 Å². The molecule has 1 atom stereocenters. The van der Waals surface area contributed by atoms with Crippen LogP contribution in [0.15, 0.2) is 60.7 Å². The Kier molecular flexibility index (Phi) is 6.16. The third-order valence-electron chi connectivity index (χ3n) is 5.49. The quantitative estimate of drug-likeness (QED) is 0.411. The number of benzene rings is 2. The van der Waals surface area contributed by atoms with Crippen molar-refractivity contribution in [2.24, 2.45) is 0 Å². The van der Waals surface area contributed by atoms with Crippen LogP contribution in [0.3, 0.4) is 0 Å². The zero-order chi connectivity index (χ0) is 23.0. The Bertz CT molecular complexity index is 1050. The Morgan fingerprint density at radius 2 is 1.71 bits per heavy atom. The summed E-state index contributed by atoms with van der Waals surface area (Å²) in [5.41, 5.74) is -1.87. The summed E-state index contributed by atoms with van der Waals surface area (Å²) in [7, 11) is 1.22. The Labute approximate surface area is 190 Å². The predicted molar refractivity (Wildman–Crippen MR) is 120 cm³/mol. The highest BCUT2D eigenvalue weighted by molar-refractivity contribution is 6.35. The van der Waals surface area contributed by atoms with Gasteiger partial charge in [0.1, 0.15) is 5.54 Å². The van der Waals surface area contributed by atoms with E-state index in [9.17, 15) is 14.4 Å². The summed E-state index contributed by atoms with van der Waals surface area (Å²) < 4.78 is 5.00. The second kappa shape index (κ2) is 8.36. The van der Waals surface area contributed by atoms with E-state index in [0.717, 1.165) is 0 Å². The van der Waals surface area contributed by atoms with Crippen molar-refractivity contribution in [3.63, 3.8) is 0 Å². The summed E-state index contributed by atoms with van der Waals surface area (Å²) in [6.07, 6.45) is 0. The average molecular weight is 461 g/mol. The smallest absolute Gasteiger partial charge is 0.330 e. The van der Waals surface area contributed by atoms with Gasteiger partial charge in [-0.3, -0.25) is 14.4 Å². The molecule has 1 saturated heterocycles. The van der Waals surface area contributed by atoms with Gasteiger partial charge in [0.15, 0.2) is 5.41 Å². The van der Waals surface area contributed by atoms with Crippen LogP contribution in [0.25, 0.3) is 0 Å². The lowest BCUT2D eigenvalue weighted by atomic mass is 9.76. The highest BCUT2D eigenvalue weighted by atomic mass is 35.5. The molecule has 2 amide bonds. The van der Waals surface area contributed by atoms with Gasteiger partial charge in [0, 0.05) is 22.3 Å². The second-order valence-electron chi connectivity index (χ2n) is 7.77. The first kappa shape index (κ1) is 22.8. The van der Waals surface area contributed by atoms with Crippen molar-refractivity contribution in [1.82, 2.24) is 4.90 Å². The molecular weight excluding hydrogens is 439 g/mol. The number of hydrogen-bond acceptors (Lipinski definition) is 4. The van der Waals surface area contributed by atoms with E-state index in [1.54, 1.807) is 62.4 Å². The number of anilines is 1. The van der Waals surface area contributed by atoms with Crippen molar-refractivity contribution in [2.75, 3.05) is 19.0 Å². The van der Waals surface area contributed by atoms with E-state index >= 15 is 0 Å². The van der Waals surface area contributed by atoms with E-state index in [1.807, 2.05) is 0 Å². The van der Waals surface area contributed by atoms with E-state index in [0.29, 0.717) is 26.9 Å². The highest BCUT2D eigenvalue weighted by Gasteiger charge is 2.61. The molecule has 8 heteroatoms. The summed E-state index contributed by atoms with van der Waals surface area (Å²) in [5.74, 6) is -1.78. The average Bonchev–Trinajstić information content (AvgIpc) is 2.99. The number of amides is 2. The maximum absolute atomic E-state index is 13.7. The maximum Gasteiger partial charge on any atom is 0.330 e. The summed E-state index contributed by atoms with van der Waals surface area (Å²) >= 11 is 12.0. The predicted octanol–water partition coefficient (Wildman–Crippen LogP) is 4.22. The minimum absolute atomic E-state index is 0.0134. The fourth-order valence-electron chi connectivity index (χ4n) is 3.74. The Hall–Kier alpha value is -2.83. The first-order valence-electron chi connectivity index (χ1n) is 9.47. The molecule has 1 fully saturated rings. The molecule has 1 heterocycles. The van der Waals surface area contributed by atoms with Crippen LogP contribution in [-0.2, 0) is 24.5 Å². The molecular formula is C23H22Cl2N2O4. The molecule has 3 rings (SSSR count). The SMILES string of the molecule is C=C1CN(C(C)(C)C(=O)Nc2cc(Cl)cc(Cl)c2)C(=O)C1(C(=O)OC)c1ccccc1. The minimum Gasteiger partial charge on any atom is -0.468 e. The molecule has 1 aliphatic rings. The normalized spacial score (nSPS) is 18.8. The van der Waals surface area contributed by atoms with E-state index in [-0.39, 0.29) is 6.54 Å². The third kappa shape index (κ3) is 3.82. The van der Waals surface area contributed by atoms with Crippen LogP contribution in [0.4, 0.5) is 5.69 Å². The standard InChI is InChI=1S/C23H22Cl2N2O4/c1-14-13-27(20(29)23(14,21(30)31-4)15-8-6-5-7-9-15)22(2,3)19(28)26-18-11-16(24)10-17(25)12-18/h5-12H,1,13H2,2-4H3,(H,26,28). The highest BCUT2D eigenvalue weighted by Crippen LogP contribution is 2.43. The molecule has 1 unspecified atom stereocenters. The Morgan fingerprint density at radius 1 is 1.13 bits per heavy atom. The topological polar surface area (TPSA) is 75.7 Å². The van der Waals surface area contributed by atoms with Crippen LogP contribution in [0.5, 0.6) is 0 Å². The van der Waals surface area contributed by atoms with E-state index in [2.05, 4.69) is 11.9 Å². The molecule has 2 aromatic carbocycles. The molecule has 1 N–H and O–H groups in total. The molecule has 2 aromatic rings. The van der Waals surface area contributed by atoms with Crippen LogP contribution in [-0.4, -0.2) is 41.9 Å². The van der Waals surface area contributed by atoms with Crippen molar-refractivity contribution < 1.29 is 19.1 Å². The number of esters is 1. The molecule has 31 heavy (non-hydrogen) atoms. The lowest BCUT2D eigenvalue weighted by molar-refractivity contribution is -0.154. The minimum atomic E-state index is -1.72. The van der Waals surface area contributed by atoms with Gasteiger partial charge in [-0.25, -0.2) is 0 Å². The van der Waals surface area contributed by atoms with Gasteiger partial charge in [-0.1, -0.05) is 60.1 Å². The van der Waals surface area contributed by atoms with Crippen molar-refractivity contribution in [3.05, 3.63) is 76.3 Å². The maximum atomic E-state index is 13.7. The number of rotatable bonds is 5. The largest absolute Gasteiger partial charge is 0.468 e. The number of halogens is 2. The van der Waals surface area contributed by atoms with Crippen molar-refractivity contribution in [2.45, 2.75) is 24.8 Å². The molecule has 0 radical (unpaired) electrons. The number of nitrogens with one attached hydrogen (secondary N) is 1. The fourth-order valence-corrected chi connectivity index (χ4v) is 4.26. The van der Waals surface area contributed by atoms with Crippen LogP contribution < -0.4 is 5.32 Å². The molecule has 0 aliphatic carbocycles. The Balaban J connectivity index is 1.99. The molecule has 0 bridgehead atoms. The molecule has 0 spiro atoms. The number of methoxy groups -OCH3 is 1. The second-order valence-corrected chi connectivity index (χ2v) is 8.65. The number of carbonyl (C=O) groups is 3. The third-order valence-corrected chi connectivity index (χ3v) is 5.93. The molecule has 0 aromatic heterocycles. The van der Waals surface area contributed by atoms with Crippen LogP contribution in [0.1, 0.15) is 19.4 Å². The first-order chi connectivity index (χ1) is 14.5. The van der Waals surface area contributed by atoms with Crippen LogP contribution >= 0.6 is 23.2 Å². The lowest BCUT2D eigenvalue weighted by Gasteiger charge is -2.35. The van der Waals surface area contributed by atoms with Gasteiger partial charge in [-0.15, -0.1) is 0 Å². The molecule has 1 aliphatic heterocycles. The summed E-state index contributed by atoms with van der Waals surface area (Å²) in [6.45, 7) is 7.21. The van der Waals surface area contributed by atoms with Crippen LogP contribution in [0, 0.1) is 0 Å². The number of hydrogen-bond donors (Lipinski definition) is 1. The number of carbonyl (C=O) groups excluding carboxylic acids is 3. The van der Waals surface area contributed by atoms with E-state index < -0.39 is 28.7 Å². The van der Waals surface area contributed by atoms with Crippen molar-refractivity contribution in [1.29, 1.82) is 0 Å². The molecule has 6 nitrogen and oxygen atoms in total.